The Morgan fingerprint density at radius 3 is 2.69 bits per heavy atom. The van der Waals surface area contributed by atoms with Crippen molar-refractivity contribution >= 4 is 11.6 Å². The zero-order valence-corrected chi connectivity index (χ0v) is 10.2. The Kier molecular flexibility index (Phi) is 4.16. The van der Waals surface area contributed by atoms with Crippen molar-refractivity contribution in [2.24, 2.45) is 4.99 Å². The number of anilines is 2. The second-order valence-corrected chi connectivity index (χ2v) is 3.51. The summed E-state index contributed by atoms with van der Waals surface area (Å²) in [6.07, 6.45) is 0. The molecule has 0 atom stereocenters. The molecule has 0 amide bonds. The maximum Gasteiger partial charge on any atom is 0.262 e. The molecular weight excluding hydrogens is 206 g/mol. The van der Waals surface area contributed by atoms with Crippen molar-refractivity contribution < 1.29 is 5.21 Å². The number of nitrogens with zero attached hydrogens (tertiary/aromatic N) is 4. The van der Waals surface area contributed by atoms with Gasteiger partial charge in [0.1, 0.15) is 11.6 Å². The fraction of sp³-hybridized carbons (Fsp3) is 0.600. The normalized spacial score (nSPS) is 11.6. The largest absolute Gasteiger partial charge is 0.423 e. The highest BCUT2D eigenvalue weighted by molar-refractivity contribution is 5.47. The zero-order valence-electron chi connectivity index (χ0n) is 10.2. The highest BCUT2D eigenvalue weighted by Crippen LogP contribution is 2.10. The van der Waals surface area contributed by atoms with Gasteiger partial charge in [0, 0.05) is 33.3 Å². The van der Waals surface area contributed by atoms with Crippen molar-refractivity contribution in [1.82, 2.24) is 9.71 Å². The SMILES string of the molecule is CCN=c1nc(N(C)C)cc(NCC)n1O. The number of rotatable bonds is 4. The second kappa shape index (κ2) is 5.39. The van der Waals surface area contributed by atoms with Crippen LogP contribution in [0.5, 0.6) is 0 Å². The summed E-state index contributed by atoms with van der Waals surface area (Å²) in [4.78, 5) is 10.2. The first-order chi connectivity index (χ1) is 7.60. The molecule has 0 spiro atoms. The average Bonchev–Trinajstić information content (AvgIpc) is 2.24. The molecule has 1 heterocycles. The topological polar surface area (TPSA) is 65.7 Å². The average molecular weight is 225 g/mol. The van der Waals surface area contributed by atoms with Crippen molar-refractivity contribution in [1.29, 1.82) is 0 Å². The molecule has 1 rings (SSSR count). The number of hydrogen-bond donors (Lipinski definition) is 2. The first-order valence-electron chi connectivity index (χ1n) is 5.35. The molecule has 0 saturated carbocycles. The van der Waals surface area contributed by atoms with Crippen molar-refractivity contribution in [2.45, 2.75) is 13.8 Å². The molecule has 0 saturated heterocycles. The fourth-order valence-electron chi connectivity index (χ4n) is 1.25. The van der Waals surface area contributed by atoms with Crippen LogP contribution in [0.3, 0.4) is 0 Å². The lowest BCUT2D eigenvalue weighted by molar-refractivity contribution is 0.172. The Hall–Kier alpha value is -1.72. The van der Waals surface area contributed by atoms with Gasteiger partial charge in [-0.15, -0.1) is 4.73 Å². The standard InChI is InChI=1S/C10H19N5O/c1-5-11-8-7-9(14(3)4)13-10(12-6-2)15(8)16/h7,11,16H,5-6H2,1-4H3. The second-order valence-electron chi connectivity index (χ2n) is 3.51. The smallest absolute Gasteiger partial charge is 0.262 e. The van der Waals surface area contributed by atoms with Crippen LogP contribution < -0.4 is 15.8 Å². The molecule has 0 unspecified atom stereocenters. The third-order valence-corrected chi connectivity index (χ3v) is 2.01. The van der Waals surface area contributed by atoms with E-state index in [0.717, 1.165) is 17.1 Å². The van der Waals surface area contributed by atoms with E-state index in [2.05, 4.69) is 15.3 Å². The summed E-state index contributed by atoms with van der Waals surface area (Å²) in [5.41, 5.74) is 0.310. The Labute approximate surface area is 95.2 Å². The molecule has 90 valence electrons. The highest BCUT2D eigenvalue weighted by Gasteiger charge is 2.06. The first-order valence-corrected chi connectivity index (χ1v) is 5.35. The van der Waals surface area contributed by atoms with Gasteiger partial charge in [0.2, 0.25) is 0 Å². The van der Waals surface area contributed by atoms with Crippen molar-refractivity contribution in [3.8, 4) is 0 Å². The lowest BCUT2D eigenvalue weighted by Gasteiger charge is -2.15. The van der Waals surface area contributed by atoms with Crippen LogP contribution in [-0.2, 0) is 0 Å². The third-order valence-electron chi connectivity index (χ3n) is 2.01. The Bertz CT molecular complexity index is 410. The van der Waals surface area contributed by atoms with Crippen LogP contribution in [0.2, 0.25) is 0 Å². The molecule has 0 bridgehead atoms. The summed E-state index contributed by atoms with van der Waals surface area (Å²) in [6, 6.07) is 1.78. The molecule has 2 N–H and O–H groups in total. The molecular formula is C10H19N5O. The van der Waals surface area contributed by atoms with Crippen molar-refractivity contribution in [2.75, 3.05) is 37.4 Å². The fourth-order valence-corrected chi connectivity index (χ4v) is 1.25. The Morgan fingerprint density at radius 1 is 1.50 bits per heavy atom. The van der Waals surface area contributed by atoms with E-state index in [1.165, 1.54) is 0 Å². The van der Waals surface area contributed by atoms with Gasteiger partial charge >= 0.3 is 0 Å². The van der Waals surface area contributed by atoms with Crippen molar-refractivity contribution in [3.63, 3.8) is 0 Å². The van der Waals surface area contributed by atoms with Crippen LogP contribution in [0.1, 0.15) is 13.8 Å². The number of aromatic nitrogens is 2. The van der Waals surface area contributed by atoms with Gasteiger partial charge in [-0.2, -0.15) is 4.98 Å². The van der Waals surface area contributed by atoms with Crippen LogP contribution >= 0.6 is 0 Å². The summed E-state index contributed by atoms with van der Waals surface area (Å²) in [5, 5.41) is 12.9. The molecule has 0 aromatic carbocycles. The molecule has 0 aliphatic carbocycles. The van der Waals surface area contributed by atoms with E-state index in [4.69, 9.17) is 0 Å². The molecule has 0 radical (unpaired) electrons. The van der Waals surface area contributed by atoms with Crippen LogP contribution in [0.4, 0.5) is 11.6 Å². The predicted molar refractivity (Wildman–Crippen MR) is 64.0 cm³/mol. The monoisotopic (exact) mass is 225 g/mol. The lowest BCUT2D eigenvalue weighted by Crippen LogP contribution is -2.28. The van der Waals surface area contributed by atoms with E-state index in [0.29, 0.717) is 18.0 Å². The van der Waals surface area contributed by atoms with E-state index >= 15 is 0 Å². The van der Waals surface area contributed by atoms with E-state index in [1.807, 2.05) is 32.8 Å². The molecule has 0 aliphatic rings. The molecule has 6 nitrogen and oxygen atoms in total. The maximum atomic E-state index is 9.84. The minimum atomic E-state index is 0.310. The maximum absolute atomic E-state index is 9.84. The van der Waals surface area contributed by atoms with Crippen LogP contribution in [-0.4, -0.2) is 42.1 Å². The van der Waals surface area contributed by atoms with Gasteiger partial charge in [-0.3, -0.25) is 0 Å². The van der Waals surface area contributed by atoms with Gasteiger partial charge in [0.05, 0.1) is 0 Å². The Balaban J connectivity index is 3.33. The van der Waals surface area contributed by atoms with Gasteiger partial charge in [0.25, 0.3) is 5.62 Å². The molecule has 6 heteroatoms. The molecule has 1 aromatic heterocycles. The van der Waals surface area contributed by atoms with Gasteiger partial charge in [-0.1, -0.05) is 0 Å². The summed E-state index contributed by atoms with van der Waals surface area (Å²) < 4.78 is 0.972. The lowest BCUT2D eigenvalue weighted by atomic mass is 10.5. The molecule has 0 aliphatic heterocycles. The Morgan fingerprint density at radius 2 is 2.19 bits per heavy atom. The van der Waals surface area contributed by atoms with E-state index < -0.39 is 0 Å². The van der Waals surface area contributed by atoms with Crippen LogP contribution in [0, 0.1) is 0 Å². The molecule has 16 heavy (non-hydrogen) atoms. The minimum absolute atomic E-state index is 0.310. The summed E-state index contributed by atoms with van der Waals surface area (Å²) in [7, 11) is 3.80. The van der Waals surface area contributed by atoms with E-state index in [9.17, 15) is 5.21 Å². The predicted octanol–water partition coefficient (Wildman–Crippen LogP) is 0.539. The van der Waals surface area contributed by atoms with E-state index in [1.54, 1.807) is 6.07 Å². The van der Waals surface area contributed by atoms with Gasteiger partial charge in [-0.25, -0.2) is 4.99 Å². The highest BCUT2D eigenvalue weighted by atomic mass is 16.5. The molecule has 0 fully saturated rings. The molecule has 1 aromatic rings. The van der Waals surface area contributed by atoms with Gasteiger partial charge in [0.15, 0.2) is 0 Å². The summed E-state index contributed by atoms with van der Waals surface area (Å²) in [5.74, 6) is 1.35. The minimum Gasteiger partial charge on any atom is -0.423 e. The zero-order chi connectivity index (χ0) is 12.1. The van der Waals surface area contributed by atoms with Crippen molar-refractivity contribution in [3.05, 3.63) is 11.7 Å². The quantitative estimate of drug-likeness (QED) is 0.734. The third kappa shape index (κ3) is 2.65. The first kappa shape index (κ1) is 12.4. The van der Waals surface area contributed by atoms with E-state index in [-0.39, 0.29) is 0 Å². The van der Waals surface area contributed by atoms with Gasteiger partial charge < -0.3 is 15.4 Å². The number of nitrogens with one attached hydrogen (secondary N) is 1. The van der Waals surface area contributed by atoms with Crippen LogP contribution in [0.25, 0.3) is 0 Å². The summed E-state index contributed by atoms with van der Waals surface area (Å²) in [6.45, 7) is 5.17. The van der Waals surface area contributed by atoms with Gasteiger partial charge in [-0.05, 0) is 13.8 Å². The number of hydrogen-bond acceptors (Lipinski definition) is 5. The van der Waals surface area contributed by atoms with Crippen LogP contribution in [0.15, 0.2) is 11.1 Å². The summed E-state index contributed by atoms with van der Waals surface area (Å²) >= 11 is 0.